The molecule has 1 fully saturated rings. The van der Waals surface area contributed by atoms with Crippen LogP contribution in [0.3, 0.4) is 0 Å². The topological polar surface area (TPSA) is 65.5 Å². The van der Waals surface area contributed by atoms with Gasteiger partial charge in [-0.3, -0.25) is 14.6 Å². The minimum Gasteiger partial charge on any atom is -0.367 e. The molecule has 142 valence electrons. The van der Waals surface area contributed by atoms with Crippen LogP contribution in [-0.2, 0) is 4.79 Å². The highest BCUT2D eigenvalue weighted by Crippen LogP contribution is 2.25. The lowest BCUT2D eigenvalue weighted by atomic mass is 10.1. The zero-order chi connectivity index (χ0) is 19.5. The van der Waals surface area contributed by atoms with E-state index in [-0.39, 0.29) is 25.1 Å². The number of alkyl halides is 3. The molecule has 0 saturated carbocycles. The van der Waals surface area contributed by atoms with Gasteiger partial charge in [-0.15, -0.1) is 0 Å². The van der Waals surface area contributed by atoms with Gasteiger partial charge in [0, 0.05) is 51.1 Å². The first-order valence-electron chi connectivity index (χ1n) is 8.12. The maximum Gasteiger partial charge on any atom is 0.409 e. The van der Waals surface area contributed by atoms with Crippen LogP contribution in [0.25, 0.3) is 0 Å². The van der Waals surface area contributed by atoms with E-state index in [1.165, 1.54) is 11.9 Å². The normalized spacial score (nSPS) is 15.5. The predicted octanol–water partition coefficient (Wildman–Crippen LogP) is 1.83. The third-order valence-electron chi connectivity index (χ3n) is 4.11. The number of hydrogen-bond acceptors (Lipinski definition) is 4. The molecule has 1 N–H and O–H groups in total. The molecule has 26 heavy (non-hydrogen) atoms. The van der Waals surface area contributed by atoms with Crippen LogP contribution in [0.4, 0.5) is 18.9 Å². The van der Waals surface area contributed by atoms with Crippen LogP contribution >= 0.6 is 0 Å². The van der Waals surface area contributed by atoms with E-state index < -0.39 is 12.1 Å². The molecule has 0 unspecified atom stereocenters. The van der Waals surface area contributed by atoms with Gasteiger partial charge >= 0.3 is 6.18 Å². The summed E-state index contributed by atoms with van der Waals surface area (Å²) in [5, 5.41) is 2.59. The zero-order valence-electron chi connectivity index (χ0n) is 14.9. The van der Waals surface area contributed by atoms with Crippen molar-refractivity contribution in [2.24, 2.45) is 0 Å². The predicted molar refractivity (Wildman–Crippen MR) is 91.1 cm³/mol. The molecule has 1 aromatic rings. The van der Waals surface area contributed by atoms with Crippen LogP contribution in [-0.4, -0.2) is 61.1 Å². The lowest BCUT2D eigenvalue weighted by molar-refractivity contribution is -0.127. The lowest BCUT2D eigenvalue weighted by Gasteiger charge is -2.36. The summed E-state index contributed by atoms with van der Waals surface area (Å²) >= 11 is 0. The third kappa shape index (κ3) is 4.74. The Morgan fingerprint density at radius 2 is 1.81 bits per heavy atom. The number of rotatable bonds is 3. The molecule has 0 spiro atoms. The summed E-state index contributed by atoms with van der Waals surface area (Å²) in [6.45, 7) is 4.95. The van der Waals surface area contributed by atoms with Crippen LogP contribution in [0.5, 0.6) is 0 Å². The monoisotopic (exact) mass is 370 g/mol. The fraction of sp³-hybridized carbons (Fsp3) is 0.471. The van der Waals surface area contributed by atoms with E-state index in [9.17, 15) is 22.8 Å². The van der Waals surface area contributed by atoms with Crippen molar-refractivity contribution >= 4 is 17.5 Å². The molecule has 1 saturated heterocycles. The van der Waals surface area contributed by atoms with Crippen molar-refractivity contribution in [1.29, 1.82) is 0 Å². The Kier molecular flexibility index (Phi) is 5.89. The summed E-state index contributed by atoms with van der Waals surface area (Å²) in [5.74, 6) is -0.924. The number of halogens is 3. The Labute approximate surface area is 149 Å². The smallest absolute Gasteiger partial charge is 0.367 e. The number of nitrogens with one attached hydrogen (secondary N) is 1. The number of nitrogens with zero attached hydrogens (tertiary/aromatic N) is 3. The molecule has 1 aromatic heterocycles. The average Bonchev–Trinajstić information content (AvgIpc) is 2.58. The Morgan fingerprint density at radius 1 is 1.19 bits per heavy atom. The first-order valence-corrected chi connectivity index (χ1v) is 8.12. The van der Waals surface area contributed by atoms with Gasteiger partial charge in [-0.25, -0.2) is 0 Å². The van der Waals surface area contributed by atoms with E-state index in [1.807, 2.05) is 11.8 Å². The molecule has 0 atom stereocenters. The minimum atomic E-state index is -4.51. The van der Waals surface area contributed by atoms with E-state index in [0.717, 1.165) is 5.69 Å². The molecule has 2 heterocycles. The van der Waals surface area contributed by atoms with Gasteiger partial charge in [0.1, 0.15) is 0 Å². The summed E-state index contributed by atoms with van der Waals surface area (Å²) in [6.07, 6.45) is -4.01. The number of aryl methyl sites for hydroxylation is 2. The Hall–Kier alpha value is -2.58. The van der Waals surface area contributed by atoms with Crippen LogP contribution < -0.4 is 10.2 Å². The zero-order valence-corrected chi connectivity index (χ0v) is 14.9. The van der Waals surface area contributed by atoms with E-state index in [2.05, 4.69) is 10.3 Å². The van der Waals surface area contributed by atoms with Crippen molar-refractivity contribution in [2.45, 2.75) is 20.0 Å². The number of carbonyl (C=O) groups excluding carboxylic acids is 2. The maximum atomic E-state index is 12.2. The van der Waals surface area contributed by atoms with Gasteiger partial charge in [0.25, 0.3) is 5.91 Å². The van der Waals surface area contributed by atoms with Crippen LogP contribution in [0.2, 0.25) is 0 Å². The molecule has 9 heteroatoms. The van der Waals surface area contributed by atoms with Crippen molar-refractivity contribution in [2.75, 3.05) is 38.1 Å². The van der Waals surface area contributed by atoms with Crippen molar-refractivity contribution in [3.05, 3.63) is 35.2 Å². The SMILES string of the molecule is CNC(=O)c1c(N2CCN(C(=O)/C=C/C(F)(F)F)CC2)cc(C)nc1C. The molecule has 1 aliphatic heterocycles. The average molecular weight is 370 g/mol. The molecule has 1 aliphatic rings. The second-order valence-corrected chi connectivity index (χ2v) is 6.01. The maximum absolute atomic E-state index is 12.2. The standard InChI is InChI=1S/C17H21F3N4O2/c1-11-10-13(15(12(2)22-11)16(26)21-3)23-6-8-24(9-7-23)14(25)4-5-17(18,19)20/h4-5,10H,6-9H2,1-3H3,(H,21,26)/b5-4+. The summed E-state index contributed by atoms with van der Waals surface area (Å²) in [4.78, 5) is 31.7. The number of carbonyl (C=O) groups is 2. The lowest BCUT2D eigenvalue weighted by Crippen LogP contribution is -2.49. The van der Waals surface area contributed by atoms with Crippen LogP contribution in [0.15, 0.2) is 18.2 Å². The van der Waals surface area contributed by atoms with Crippen molar-refractivity contribution < 1.29 is 22.8 Å². The first kappa shape index (κ1) is 19.7. The Bertz CT molecular complexity index is 723. The summed E-state index contributed by atoms with van der Waals surface area (Å²) in [6, 6.07) is 1.80. The summed E-state index contributed by atoms with van der Waals surface area (Å²) in [7, 11) is 1.54. The number of amides is 2. The van der Waals surface area contributed by atoms with Crippen molar-refractivity contribution in [3.8, 4) is 0 Å². The molecular weight excluding hydrogens is 349 g/mol. The fourth-order valence-corrected chi connectivity index (χ4v) is 2.90. The van der Waals surface area contributed by atoms with E-state index >= 15 is 0 Å². The van der Waals surface area contributed by atoms with Crippen molar-refractivity contribution in [3.63, 3.8) is 0 Å². The summed E-state index contributed by atoms with van der Waals surface area (Å²) in [5.41, 5.74) is 2.55. The van der Waals surface area contributed by atoms with Gasteiger partial charge in [-0.1, -0.05) is 0 Å². The number of anilines is 1. The van der Waals surface area contributed by atoms with Gasteiger partial charge in [0.15, 0.2) is 0 Å². The number of aromatic nitrogens is 1. The van der Waals surface area contributed by atoms with Gasteiger partial charge in [-0.2, -0.15) is 13.2 Å². The van der Waals surface area contributed by atoms with E-state index in [4.69, 9.17) is 0 Å². The Morgan fingerprint density at radius 3 is 2.35 bits per heavy atom. The van der Waals surface area contributed by atoms with Gasteiger partial charge in [0.2, 0.25) is 5.91 Å². The van der Waals surface area contributed by atoms with E-state index in [0.29, 0.717) is 36.1 Å². The quantitative estimate of drug-likeness (QED) is 0.825. The number of hydrogen-bond donors (Lipinski definition) is 1. The number of pyridine rings is 1. The molecule has 2 rings (SSSR count). The molecular formula is C17H21F3N4O2. The van der Waals surface area contributed by atoms with Crippen LogP contribution in [0, 0.1) is 13.8 Å². The first-order chi connectivity index (χ1) is 12.1. The Balaban J connectivity index is 2.14. The molecule has 0 radical (unpaired) electrons. The molecule has 6 nitrogen and oxygen atoms in total. The number of piperazine rings is 1. The second kappa shape index (κ2) is 7.76. The van der Waals surface area contributed by atoms with Gasteiger partial charge in [-0.05, 0) is 19.9 Å². The molecule has 0 aliphatic carbocycles. The molecule has 0 bridgehead atoms. The van der Waals surface area contributed by atoms with E-state index in [1.54, 1.807) is 13.0 Å². The molecule has 2 amide bonds. The minimum absolute atomic E-state index is 0.0546. The van der Waals surface area contributed by atoms with Gasteiger partial charge in [0.05, 0.1) is 16.9 Å². The largest absolute Gasteiger partial charge is 0.409 e. The highest BCUT2D eigenvalue weighted by atomic mass is 19.4. The van der Waals surface area contributed by atoms with Gasteiger partial charge < -0.3 is 15.1 Å². The number of allylic oxidation sites excluding steroid dienone is 1. The van der Waals surface area contributed by atoms with Crippen molar-refractivity contribution in [1.82, 2.24) is 15.2 Å². The third-order valence-corrected chi connectivity index (χ3v) is 4.11. The molecule has 0 aromatic carbocycles. The summed E-state index contributed by atoms with van der Waals surface area (Å²) < 4.78 is 36.6. The highest BCUT2D eigenvalue weighted by molar-refractivity contribution is 6.00. The fourth-order valence-electron chi connectivity index (χ4n) is 2.90. The second-order valence-electron chi connectivity index (χ2n) is 6.01. The van der Waals surface area contributed by atoms with Crippen LogP contribution in [0.1, 0.15) is 21.7 Å². The highest BCUT2D eigenvalue weighted by Gasteiger charge is 2.27.